The van der Waals surface area contributed by atoms with Gasteiger partial charge in [0.2, 0.25) is 17.7 Å². The molecule has 0 spiro atoms. The van der Waals surface area contributed by atoms with E-state index in [1.54, 1.807) is 36.4 Å². The Balaban J connectivity index is 2.22. The van der Waals surface area contributed by atoms with Gasteiger partial charge in [0, 0.05) is 12.8 Å². The van der Waals surface area contributed by atoms with Crippen LogP contribution in [0.4, 0.5) is 0 Å². The lowest BCUT2D eigenvalue weighted by atomic mass is 10.0. The van der Waals surface area contributed by atoms with Gasteiger partial charge in [-0.2, -0.15) is 0 Å². The lowest BCUT2D eigenvalue weighted by molar-refractivity contribution is -0.142. The van der Waals surface area contributed by atoms with Crippen LogP contribution in [-0.4, -0.2) is 59.5 Å². The predicted molar refractivity (Wildman–Crippen MR) is 140 cm³/mol. The van der Waals surface area contributed by atoms with E-state index < -0.39 is 47.9 Å². The summed E-state index contributed by atoms with van der Waals surface area (Å²) in [6, 6.07) is 14.0. The summed E-state index contributed by atoms with van der Waals surface area (Å²) in [4.78, 5) is 50.6. The second-order valence-corrected chi connectivity index (χ2v) is 8.97. The van der Waals surface area contributed by atoms with Crippen molar-refractivity contribution >= 4 is 23.7 Å². The Kier molecular flexibility index (Phi) is 12.2. The van der Waals surface area contributed by atoms with E-state index in [9.17, 15) is 24.3 Å². The third-order valence-electron chi connectivity index (χ3n) is 5.81. The second kappa shape index (κ2) is 15.4. The fourth-order valence-electron chi connectivity index (χ4n) is 3.72. The highest BCUT2D eigenvalue weighted by atomic mass is 16.4. The second-order valence-electron chi connectivity index (χ2n) is 8.97. The van der Waals surface area contributed by atoms with E-state index in [1.807, 2.05) is 24.3 Å². The fraction of sp³-hybridized carbons (Fsp3) is 0.407. The van der Waals surface area contributed by atoms with Gasteiger partial charge in [0.05, 0.1) is 6.04 Å². The van der Waals surface area contributed by atoms with Gasteiger partial charge in [-0.1, -0.05) is 60.7 Å². The maximum atomic E-state index is 13.3. The summed E-state index contributed by atoms with van der Waals surface area (Å²) in [6.07, 6.45) is 1.77. The lowest BCUT2D eigenvalue weighted by Gasteiger charge is -2.25. The molecule has 0 aliphatic heterocycles. The Bertz CT molecular complexity index is 1020. The van der Waals surface area contributed by atoms with Crippen molar-refractivity contribution in [3.63, 3.8) is 0 Å². The van der Waals surface area contributed by atoms with Crippen LogP contribution in [-0.2, 0) is 32.0 Å². The molecule has 8 N–H and O–H groups in total. The van der Waals surface area contributed by atoms with Crippen molar-refractivity contribution in [2.45, 2.75) is 63.2 Å². The zero-order chi connectivity index (χ0) is 27.2. The molecule has 0 aliphatic carbocycles. The summed E-state index contributed by atoms with van der Waals surface area (Å²) in [5.74, 6) is -2.88. The van der Waals surface area contributed by atoms with Gasteiger partial charge in [-0.3, -0.25) is 14.4 Å². The molecule has 0 aromatic heterocycles. The molecular formula is C27H37N5O5. The quantitative estimate of drug-likeness (QED) is 0.188. The van der Waals surface area contributed by atoms with Crippen LogP contribution >= 0.6 is 0 Å². The van der Waals surface area contributed by atoms with Gasteiger partial charge in [-0.25, -0.2) is 4.79 Å². The molecule has 0 radical (unpaired) electrons. The van der Waals surface area contributed by atoms with Crippen LogP contribution < -0.4 is 27.4 Å². The van der Waals surface area contributed by atoms with E-state index >= 15 is 0 Å². The molecule has 0 fully saturated rings. The highest BCUT2D eigenvalue weighted by Crippen LogP contribution is 2.09. The van der Waals surface area contributed by atoms with Crippen molar-refractivity contribution in [3.8, 4) is 0 Å². The standard InChI is InChI=1S/C27H37N5O5/c1-18(29)24(33)30-21(14-8-9-15-28)25(34)31-22(16-19-10-4-2-5-11-19)26(35)32-23(27(36)37)17-20-12-6-3-7-13-20/h2-7,10-13,18,21-23H,8-9,14-17,28-29H2,1H3,(H,30,33)(H,31,34)(H,32,35)(H,36,37). The molecule has 0 heterocycles. The Morgan fingerprint density at radius 2 is 1.19 bits per heavy atom. The molecule has 4 atom stereocenters. The summed E-state index contributed by atoms with van der Waals surface area (Å²) < 4.78 is 0. The maximum absolute atomic E-state index is 13.3. The van der Waals surface area contributed by atoms with Gasteiger partial charge in [-0.05, 0) is 43.9 Å². The highest BCUT2D eigenvalue weighted by molar-refractivity contribution is 5.94. The van der Waals surface area contributed by atoms with Crippen LogP contribution in [0.25, 0.3) is 0 Å². The molecule has 37 heavy (non-hydrogen) atoms. The van der Waals surface area contributed by atoms with Crippen LogP contribution in [0.5, 0.6) is 0 Å². The van der Waals surface area contributed by atoms with Crippen molar-refractivity contribution in [1.82, 2.24) is 16.0 Å². The number of nitrogens with two attached hydrogens (primary N) is 2. The molecule has 0 saturated heterocycles. The molecule has 2 aromatic carbocycles. The summed E-state index contributed by atoms with van der Waals surface area (Å²) >= 11 is 0. The Morgan fingerprint density at radius 1 is 0.730 bits per heavy atom. The average molecular weight is 512 g/mol. The first-order chi connectivity index (χ1) is 17.7. The number of hydrogen-bond acceptors (Lipinski definition) is 6. The monoisotopic (exact) mass is 511 g/mol. The number of aliphatic carboxylic acids is 1. The van der Waals surface area contributed by atoms with Crippen LogP contribution in [0.3, 0.4) is 0 Å². The van der Waals surface area contributed by atoms with E-state index in [4.69, 9.17) is 11.5 Å². The molecular weight excluding hydrogens is 474 g/mol. The zero-order valence-corrected chi connectivity index (χ0v) is 21.1. The van der Waals surface area contributed by atoms with Crippen molar-refractivity contribution < 1.29 is 24.3 Å². The molecule has 4 unspecified atom stereocenters. The molecule has 2 aromatic rings. The van der Waals surface area contributed by atoms with Crippen LogP contribution in [0.15, 0.2) is 60.7 Å². The Morgan fingerprint density at radius 3 is 1.68 bits per heavy atom. The van der Waals surface area contributed by atoms with Crippen LogP contribution in [0.1, 0.15) is 37.3 Å². The summed E-state index contributed by atoms with van der Waals surface area (Å²) in [5.41, 5.74) is 12.7. The first-order valence-corrected chi connectivity index (χ1v) is 12.4. The minimum absolute atomic E-state index is 0.0834. The highest BCUT2D eigenvalue weighted by Gasteiger charge is 2.30. The van der Waals surface area contributed by atoms with Crippen LogP contribution in [0.2, 0.25) is 0 Å². The van der Waals surface area contributed by atoms with Crippen molar-refractivity contribution in [1.29, 1.82) is 0 Å². The van der Waals surface area contributed by atoms with Gasteiger partial charge >= 0.3 is 5.97 Å². The predicted octanol–water partition coefficient (Wildman–Crippen LogP) is 0.487. The fourth-order valence-corrected chi connectivity index (χ4v) is 3.72. The topological polar surface area (TPSA) is 177 Å². The number of benzene rings is 2. The zero-order valence-electron chi connectivity index (χ0n) is 21.1. The van der Waals surface area contributed by atoms with E-state index in [1.165, 1.54) is 6.92 Å². The number of carboxylic acid groups (broad SMARTS) is 1. The molecule has 10 heteroatoms. The van der Waals surface area contributed by atoms with Gasteiger partial charge < -0.3 is 32.5 Å². The normalized spacial score (nSPS) is 14.0. The molecule has 10 nitrogen and oxygen atoms in total. The Labute approximate surface area is 217 Å². The smallest absolute Gasteiger partial charge is 0.326 e. The largest absolute Gasteiger partial charge is 0.480 e. The van der Waals surface area contributed by atoms with E-state index in [0.29, 0.717) is 25.8 Å². The number of rotatable bonds is 15. The number of carboxylic acids is 1. The first-order valence-electron chi connectivity index (χ1n) is 12.4. The molecule has 0 aliphatic rings. The first kappa shape index (κ1) is 29.5. The maximum Gasteiger partial charge on any atom is 0.326 e. The summed E-state index contributed by atoms with van der Waals surface area (Å²) in [7, 11) is 0. The van der Waals surface area contributed by atoms with Gasteiger partial charge in [-0.15, -0.1) is 0 Å². The third-order valence-corrected chi connectivity index (χ3v) is 5.81. The third kappa shape index (κ3) is 10.4. The molecule has 200 valence electrons. The van der Waals surface area contributed by atoms with Crippen molar-refractivity contribution in [3.05, 3.63) is 71.8 Å². The number of unbranched alkanes of at least 4 members (excludes halogenated alkanes) is 1. The van der Waals surface area contributed by atoms with Gasteiger partial charge in [0.25, 0.3) is 0 Å². The minimum atomic E-state index is -1.19. The number of amides is 3. The lowest BCUT2D eigenvalue weighted by Crippen LogP contribution is -2.57. The molecule has 0 saturated carbocycles. The molecule has 2 rings (SSSR count). The van der Waals surface area contributed by atoms with Gasteiger partial charge in [0.1, 0.15) is 18.1 Å². The number of carbonyl (C=O) groups is 4. The molecule has 0 bridgehead atoms. The SMILES string of the molecule is CC(N)C(=O)NC(CCCCN)C(=O)NC(Cc1ccccc1)C(=O)NC(Cc1ccccc1)C(=O)O. The number of carbonyl (C=O) groups excluding carboxylic acids is 3. The van der Waals surface area contributed by atoms with E-state index in [-0.39, 0.29) is 12.8 Å². The van der Waals surface area contributed by atoms with E-state index in [0.717, 1.165) is 11.1 Å². The van der Waals surface area contributed by atoms with Crippen LogP contribution in [0, 0.1) is 0 Å². The average Bonchev–Trinajstić information content (AvgIpc) is 2.88. The van der Waals surface area contributed by atoms with Gasteiger partial charge in [0.15, 0.2) is 0 Å². The van der Waals surface area contributed by atoms with Crippen molar-refractivity contribution in [2.75, 3.05) is 6.54 Å². The minimum Gasteiger partial charge on any atom is -0.480 e. The van der Waals surface area contributed by atoms with E-state index in [2.05, 4.69) is 16.0 Å². The summed E-state index contributed by atoms with van der Waals surface area (Å²) in [5, 5.41) is 17.6. The van der Waals surface area contributed by atoms with Crippen molar-refractivity contribution in [2.24, 2.45) is 11.5 Å². The number of hydrogen-bond donors (Lipinski definition) is 6. The number of nitrogens with one attached hydrogen (secondary N) is 3. The summed E-state index contributed by atoms with van der Waals surface area (Å²) in [6.45, 7) is 1.95. The molecule has 3 amide bonds. The Hall–Kier alpha value is -3.76.